The summed E-state index contributed by atoms with van der Waals surface area (Å²) < 4.78 is 25.4. The summed E-state index contributed by atoms with van der Waals surface area (Å²) in [6.45, 7) is 0. The van der Waals surface area contributed by atoms with Gasteiger partial charge in [-0.25, -0.2) is 9.82 Å². The second-order valence-corrected chi connectivity index (χ2v) is 4.22. The fraction of sp³-hybridized carbons (Fsp3) is 0.308. The highest BCUT2D eigenvalue weighted by molar-refractivity contribution is 5.40. The Bertz CT molecular complexity index is 600. The van der Waals surface area contributed by atoms with Gasteiger partial charge in [0.05, 0.1) is 26.5 Å². The molecular weight excluding hydrogens is 263 g/mol. The second-order valence-electron chi connectivity index (χ2n) is 4.22. The molecule has 1 aromatic heterocycles. The Balaban J connectivity index is 2.49. The predicted molar refractivity (Wildman–Crippen MR) is 71.9 cm³/mol. The summed E-state index contributed by atoms with van der Waals surface area (Å²) in [4.78, 5) is 0. The van der Waals surface area contributed by atoms with E-state index in [-0.39, 0.29) is 5.75 Å². The zero-order valence-corrected chi connectivity index (χ0v) is 11.6. The van der Waals surface area contributed by atoms with Crippen LogP contribution in [0.15, 0.2) is 24.4 Å². The fourth-order valence-electron chi connectivity index (χ4n) is 2.10. The van der Waals surface area contributed by atoms with Gasteiger partial charge in [0.2, 0.25) is 0 Å². The molecule has 20 heavy (non-hydrogen) atoms. The number of benzene rings is 1. The van der Waals surface area contributed by atoms with Crippen LogP contribution < -0.4 is 20.7 Å². The Morgan fingerprint density at radius 3 is 2.60 bits per heavy atom. The van der Waals surface area contributed by atoms with Crippen LogP contribution in [0.4, 0.5) is 4.39 Å². The highest BCUT2D eigenvalue weighted by atomic mass is 19.1. The molecule has 6 nitrogen and oxygen atoms in total. The molecule has 2 aromatic rings. The van der Waals surface area contributed by atoms with Crippen LogP contribution in [0.5, 0.6) is 11.5 Å². The standard InChI is InChI=1S/C13H17FN4O2/c1-18-13(11(20-3)7-16-18)12(17-15)8-4-5-9(14)10(6-8)19-2/h4-7,12,17H,15H2,1-3H3. The van der Waals surface area contributed by atoms with E-state index < -0.39 is 11.9 Å². The lowest BCUT2D eigenvalue weighted by atomic mass is 10.0. The number of hydrogen-bond acceptors (Lipinski definition) is 5. The highest BCUT2D eigenvalue weighted by Gasteiger charge is 2.22. The number of rotatable bonds is 5. The number of nitrogens with one attached hydrogen (secondary N) is 1. The third-order valence-corrected chi connectivity index (χ3v) is 3.12. The molecule has 1 atom stereocenters. The summed E-state index contributed by atoms with van der Waals surface area (Å²) in [6, 6.07) is 4.16. The average molecular weight is 280 g/mol. The number of hydrazine groups is 1. The third kappa shape index (κ3) is 2.45. The number of ether oxygens (including phenoxy) is 2. The van der Waals surface area contributed by atoms with Crippen LogP contribution in [0, 0.1) is 5.82 Å². The number of nitrogens with zero attached hydrogens (tertiary/aromatic N) is 2. The number of aromatic nitrogens is 2. The quantitative estimate of drug-likeness (QED) is 0.634. The zero-order chi connectivity index (χ0) is 14.7. The molecule has 0 radical (unpaired) electrons. The van der Waals surface area contributed by atoms with Crippen LogP contribution in [-0.2, 0) is 7.05 Å². The zero-order valence-electron chi connectivity index (χ0n) is 11.6. The van der Waals surface area contributed by atoms with E-state index in [1.807, 2.05) is 0 Å². The molecule has 108 valence electrons. The van der Waals surface area contributed by atoms with Gasteiger partial charge in [-0.05, 0) is 17.7 Å². The highest BCUT2D eigenvalue weighted by Crippen LogP contribution is 2.31. The second kappa shape index (κ2) is 5.89. The monoisotopic (exact) mass is 280 g/mol. The summed E-state index contributed by atoms with van der Waals surface area (Å²) in [6.07, 6.45) is 1.60. The van der Waals surface area contributed by atoms with Crippen molar-refractivity contribution < 1.29 is 13.9 Å². The number of halogens is 1. The van der Waals surface area contributed by atoms with Gasteiger partial charge in [0, 0.05) is 7.05 Å². The van der Waals surface area contributed by atoms with Gasteiger partial charge in [-0.2, -0.15) is 5.10 Å². The van der Waals surface area contributed by atoms with E-state index in [0.717, 1.165) is 11.3 Å². The van der Waals surface area contributed by atoms with Crippen molar-refractivity contribution >= 4 is 0 Å². The van der Waals surface area contributed by atoms with Crippen molar-refractivity contribution in [2.75, 3.05) is 14.2 Å². The summed E-state index contributed by atoms with van der Waals surface area (Å²) >= 11 is 0. The van der Waals surface area contributed by atoms with Crippen molar-refractivity contribution in [3.8, 4) is 11.5 Å². The largest absolute Gasteiger partial charge is 0.494 e. The van der Waals surface area contributed by atoms with Crippen LogP contribution in [0.1, 0.15) is 17.3 Å². The summed E-state index contributed by atoms with van der Waals surface area (Å²) in [7, 11) is 4.75. The van der Waals surface area contributed by atoms with Crippen molar-refractivity contribution in [1.82, 2.24) is 15.2 Å². The lowest BCUT2D eigenvalue weighted by Crippen LogP contribution is -2.30. The van der Waals surface area contributed by atoms with Gasteiger partial charge in [-0.1, -0.05) is 6.07 Å². The van der Waals surface area contributed by atoms with Gasteiger partial charge in [0.1, 0.15) is 5.69 Å². The molecule has 1 aromatic carbocycles. The van der Waals surface area contributed by atoms with E-state index >= 15 is 0 Å². The van der Waals surface area contributed by atoms with Crippen molar-refractivity contribution in [2.24, 2.45) is 12.9 Å². The first kappa shape index (κ1) is 14.3. The van der Waals surface area contributed by atoms with Crippen molar-refractivity contribution in [3.63, 3.8) is 0 Å². The average Bonchev–Trinajstić information content (AvgIpc) is 2.83. The summed E-state index contributed by atoms with van der Waals surface area (Å²) in [5.41, 5.74) is 4.17. The van der Waals surface area contributed by atoms with E-state index in [1.165, 1.54) is 13.2 Å². The Labute approximate surface area is 116 Å². The van der Waals surface area contributed by atoms with E-state index in [0.29, 0.717) is 5.75 Å². The Morgan fingerprint density at radius 1 is 1.30 bits per heavy atom. The molecule has 0 fully saturated rings. The molecule has 0 aliphatic rings. The molecule has 1 heterocycles. The van der Waals surface area contributed by atoms with E-state index in [4.69, 9.17) is 15.3 Å². The fourth-order valence-corrected chi connectivity index (χ4v) is 2.10. The molecule has 0 amide bonds. The van der Waals surface area contributed by atoms with Crippen molar-refractivity contribution in [1.29, 1.82) is 0 Å². The maximum Gasteiger partial charge on any atom is 0.165 e. The lowest BCUT2D eigenvalue weighted by molar-refractivity contribution is 0.384. The van der Waals surface area contributed by atoms with Crippen molar-refractivity contribution in [2.45, 2.75) is 6.04 Å². The normalized spacial score (nSPS) is 12.2. The minimum absolute atomic E-state index is 0.156. The molecule has 0 spiro atoms. The van der Waals surface area contributed by atoms with Crippen LogP contribution >= 0.6 is 0 Å². The minimum Gasteiger partial charge on any atom is -0.494 e. The number of nitrogens with two attached hydrogens (primary N) is 1. The van der Waals surface area contributed by atoms with Crippen LogP contribution in [0.2, 0.25) is 0 Å². The Morgan fingerprint density at radius 2 is 2.00 bits per heavy atom. The van der Waals surface area contributed by atoms with Crippen LogP contribution in [0.25, 0.3) is 0 Å². The van der Waals surface area contributed by atoms with E-state index in [1.54, 1.807) is 37.2 Å². The molecule has 0 aliphatic carbocycles. The maximum atomic E-state index is 13.5. The van der Waals surface area contributed by atoms with Crippen LogP contribution in [0.3, 0.4) is 0 Å². The van der Waals surface area contributed by atoms with Gasteiger partial charge in [0.15, 0.2) is 17.3 Å². The Hall–Kier alpha value is -2.12. The smallest absolute Gasteiger partial charge is 0.165 e. The molecule has 0 saturated heterocycles. The predicted octanol–water partition coefficient (Wildman–Crippen LogP) is 1.13. The number of methoxy groups -OCH3 is 2. The molecule has 1 unspecified atom stereocenters. The SMILES string of the molecule is COc1cc(C(NN)c2c(OC)cnn2C)ccc1F. The summed E-state index contributed by atoms with van der Waals surface area (Å²) in [5, 5.41) is 4.13. The third-order valence-electron chi connectivity index (χ3n) is 3.12. The number of hydrogen-bond donors (Lipinski definition) is 2. The molecular formula is C13H17FN4O2. The Kier molecular flexibility index (Phi) is 4.21. The van der Waals surface area contributed by atoms with Gasteiger partial charge < -0.3 is 9.47 Å². The van der Waals surface area contributed by atoms with Crippen molar-refractivity contribution in [3.05, 3.63) is 41.5 Å². The first-order valence-electron chi connectivity index (χ1n) is 5.97. The van der Waals surface area contributed by atoms with Crippen LogP contribution in [-0.4, -0.2) is 24.0 Å². The first-order valence-corrected chi connectivity index (χ1v) is 5.97. The molecule has 2 rings (SSSR count). The molecule has 3 N–H and O–H groups in total. The van der Waals surface area contributed by atoms with Gasteiger partial charge in [0.25, 0.3) is 0 Å². The molecule has 0 saturated carbocycles. The van der Waals surface area contributed by atoms with E-state index in [9.17, 15) is 4.39 Å². The summed E-state index contributed by atoms with van der Waals surface area (Å²) in [5.74, 6) is 5.96. The minimum atomic E-state index is -0.427. The van der Waals surface area contributed by atoms with Gasteiger partial charge >= 0.3 is 0 Å². The molecule has 0 bridgehead atoms. The van der Waals surface area contributed by atoms with Gasteiger partial charge in [-0.3, -0.25) is 10.5 Å². The van der Waals surface area contributed by atoms with Gasteiger partial charge in [-0.15, -0.1) is 0 Å². The lowest BCUT2D eigenvalue weighted by Gasteiger charge is -2.19. The number of aryl methyl sites for hydroxylation is 1. The topological polar surface area (TPSA) is 74.3 Å². The van der Waals surface area contributed by atoms with E-state index in [2.05, 4.69) is 10.5 Å². The maximum absolute atomic E-state index is 13.5. The molecule has 0 aliphatic heterocycles. The first-order chi connectivity index (χ1) is 9.62. The molecule has 7 heteroatoms.